The van der Waals surface area contributed by atoms with Gasteiger partial charge in [0.15, 0.2) is 11.9 Å². The summed E-state index contributed by atoms with van der Waals surface area (Å²) in [5, 5.41) is 10.5. The maximum atomic E-state index is 12.5. The van der Waals surface area contributed by atoms with Crippen molar-refractivity contribution in [1.29, 1.82) is 0 Å². The van der Waals surface area contributed by atoms with Gasteiger partial charge in [0.05, 0.1) is 18.7 Å². The maximum absolute atomic E-state index is 12.5. The van der Waals surface area contributed by atoms with Gasteiger partial charge in [-0.05, 0) is 18.1 Å². The van der Waals surface area contributed by atoms with Crippen LogP contribution in [0.15, 0.2) is 48.5 Å². The Morgan fingerprint density at radius 1 is 1.18 bits per heavy atom. The minimum absolute atomic E-state index is 0.222. The van der Waals surface area contributed by atoms with E-state index in [0.717, 1.165) is 11.1 Å². The van der Waals surface area contributed by atoms with Crippen LogP contribution < -0.4 is 4.90 Å². The van der Waals surface area contributed by atoms with E-state index in [1.54, 1.807) is 17.0 Å². The standard InChI is InChI=1S/C18H17NO3/c1-13-6-5-9-15-17(13)19(11-14-7-3-2-4-8-14)16(21)10-18(15,22)12-20/h2-9,12,22H,10-11H2,1H3. The van der Waals surface area contributed by atoms with Gasteiger partial charge < -0.3 is 10.0 Å². The molecule has 1 unspecified atom stereocenters. The van der Waals surface area contributed by atoms with Crippen molar-refractivity contribution in [2.75, 3.05) is 4.90 Å². The van der Waals surface area contributed by atoms with Crippen molar-refractivity contribution >= 4 is 17.9 Å². The number of hydrogen-bond acceptors (Lipinski definition) is 3. The Kier molecular flexibility index (Phi) is 3.54. The molecule has 0 bridgehead atoms. The van der Waals surface area contributed by atoms with Crippen LogP contribution in [-0.4, -0.2) is 17.3 Å². The average molecular weight is 295 g/mol. The van der Waals surface area contributed by atoms with Crippen LogP contribution in [0, 0.1) is 6.92 Å². The molecule has 1 aliphatic rings. The molecule has 0 saturated heterocycles. The van der Waals surface area contributed by atoms with Crippen molar-refractivity contribution in [2.24, 2.45) is 0 Å². The number of aldehydes is 1. The minimum atomic E-state index is -1.73. The number of carbonyl (C=O) groups is 2. The van der Waals surface area contributed by atoms with Crippen LogP contribution in [0.4, 0.5) is 5.69 Å². The van der Waals surface area contributed by atoms with E-state index < -0.39 is 5.60 Å². The van der Waals surface area contributed by atoms with E-state index in [9.17, 15) is 14.7 Å². The predicted octanol–water partition coefficient (Wildman–Crippen LogP) is 2.32. The van der Waals surface area contributed by atoms with E-state index in [-0.39, 0.29) is 12.3 Å². The van der Waals surface area contributed by atoms with E-state index in [0.29, 0.717) is 24.1 Å². The van der Waals surface area contributed by atoms with Gasteiger partial charge in [-0.2, -0.15) is 0 Å². The van der Waals surface area contributed by atoms with Gasteiger partial charge >= 0.3 is 0 Å². The smallest absolute Gasteiger partial charge is 0.231 e. The molecule has 2 aromatic rings. The molecule has 0 aromatic heterocycles. The summed E-state index contributed by atoms with van der Waals surface area (Å²) in [7, 11) is 0. The minimum Gasteiger partial charge on any atom is -0.377 e. The molecule has 1 heterocycles. The lowest BCUT2D eigenvalue weighted by Crippen LogP contribution is -2.45. The van der Waals surface area contributed by atoms with E-state index in [1.165, 1.54) is 0 Å². The molecule has 0 radical (unpaired) electrons. The molecule has 3 rings (SSSR count). The van der Waals surface area contributed by atoms with Crippen LogP contribution in [0.1, 0.15) is 23.1 Å². The second kappa shape index (κ2) is 5.39. The summed E-state index contributed by atoms with van der Waals surface area (Å²) in [5.74, 6) is -0.250. The van der Waals surface area contributed by atoms with Crippen LogP contribution in [0.25, 0.3) is 0 Å². The van der Waals surface area contributed by atoms with Crippen molar-refractivity contribution in [1.82, 2.24) is 0 Å². The molecule has 1 amide bonds. The van der Waals surface area contributed by atoms with Gasteiger partial charge in [0.2, 0.25) is 5.91 Å². The molecule has 1 atom stereocenters. The molecular weight excluding hydrogens is 278 g/mol. The lowest BCUT2D eigenvalue weighted by molar-refractivity contribution is -0.135. The van der Waals surface area contributed by atoms with Gasteiger partial charge in [0, 0.05) is 5.56 Å². The van der Waals surface area contributed by atoms with Gasteiger partial charge in [-0.25, -0.2) is 0 Å². The normalized spacial score (nSPS) is 20.6. The molecule has 1 N–H and O–H groups in total. The van der Waals surface area contributed by atoms with Gasteiger partial charge in [0.1, 0.15) is 0 Å². The van der Waals surface area contributed by atoms with E-state index in [1.807, 2.05) is 43.3 Å². The third kappa shape index (κ3) is 2.31. The van der Waals surface area contributed by atoms with Crippen LogP contribution in [0.2, 0.25) is 0 Å². The molecule has 0 spiro atoms. The molecule has 0 aliphatic carbocycles. The van der Waals surface area contributed by atoms with Gasteiger partial charge in [0.25, 0.3) is 0 Å². The second-order valence-corrected chi connectivity index (χ2v) is 5.66. The first kappa shape index (κ1) is 14.5. The van der Waals surface area contributed by atoms with Crippen molar-refractivity contribution in [3.63, 3.8) is 0 Å². The summed E-state index contributed by atoms with van der Waals surface area (Å²) in [6.07, 6.45) is 0.239. The number of carbonyl (C=O) groups excluding carboxylic acids is 2. The van der Waals surface area contributed by atoms with Gasteiger partial charge in [-0.1, -0.05) is 48.5 Å². The van der Waals surface area contributed by atoms with E-state index in [4.69, 9.17) is 0 Å². The number of benzene rings is 2. The number of aryl methyl sites for hydroxylation is 1. The molecule has 0 fully saturated rings. The average Bonchev–Trinajstić information content (AvgIpc) is 2.52. The van der Waals surface area contributed by atoms with Crippen LogP contribution in [-0.2, 0) is 21.7 Å². The first-order valence-corrected chi connectivity index (χ1v) is 7.18. The Bertz CT molecular complexity index is 726. The van der Waals surface area contributed by atoms with E-state index in [2.05, 4.69) is 0 Å². The molecule has 4 heteroatoms. The highest BCUT2D eigenvalue weighted by atomic mass is 16.3. The molecule has 22 heavy (non-hydrogen) atoms. The van der Waals surface area contributed by atoms with Crippen LogP contribution in [0.3, 0.4) is 0 Å². The summed E-state index contributed by atoms with van der Waals surface area (Å²) >= 11 is 0. The summed E-state index contributed by atoms with van der Waals surface area (Å²) in [5.41, 5.74) is 1.27. The highest BCUT2D eigenvalue weighted by molar-refractivity contribution is 6.01. The summed E-state index contributed by atoms with van der Waals surface area (Å²) < 4.78 is 0. The summed E-state index contributed by atoms with van der Waals surface area (Å²) in [6.45, 7) is 2.30. The topological polar surface area (TPSA) is 57.6 Å². The number of rotatable bonds is 3. The van der Waals surface area contributed by atoms with Gasteiger partial charge in [-0.3, -0.25) is 9.59 Å². The lowest BCUT2D eigenvalue weighted by Gasteiger charge is -2.37. The van der Waals surface area contributed by atoms with Crippen molar-refractivity contribution in [3.05, 3.63) is 65.2 Å². The Balaban J connectivity index is 2.10. The number of anilines is 1. The fraction of sp³-hybridized carbons (Fsp3) is 0.222. The van der Waals surface area contributed by atoms with E-state index >= 15 is 0 Å². The molecule has 1 aliphatic heterocycles. The van der Waals surface area contributed by atoms with Crippen LogP contribution >= 0.6 is 0 Å². The molecule has 0 saturated carbocycles. The Morgan fingerprint density at radius 2 is 1.91 bits per heavy atom. The fourth-order valence-corrected chi connectivity index (χ4v) is 2.95. The van der Waals surface area contributed by atoms with Crippen molar-refractivity contribution < 1.29 is 14.7 Å². The summed E-state index contributed by atoms with van der Waals surface area (Å²) in [4.78, 5) is 25.5. The zero-order valence-corrected chi connectivity index (χ0v) is 12.3. The molecule has 2 aromatic carbocycles. The number of para-hydroxylation sites is 1. The first-order chi connectivity index (χ1) is 10.5. The quantitative estimate of drug-likeness (QED) is 0.884. The summed E-state index contributed by atoms with van der Waals surface area (Å²) in [6, 6.07) is 15.0. The van der Waals surface area contributed by atoms with Gasteiger partial charge in [-0.15, -0.1) is 0 Å². The maximum Gasteiger partial charge on any atom is 0.231 e. The number of nitrogens with zero attached hydrogens (tertiary/aromatic N) is 1. The number of aliphatic hydroxyl groups is 1. The molecule has 112 valence electrons. The Morgan fingerprint density at radius 3 is 2.59 bits per heavy atom. The monoisotopic (exact) mass is 295 g/mol. The molecule has 4 nitrogen and oxygen atoms in total. The fourth-order valence-electron chi connectivity index (χ4n) is 2.95. The third-order valence-electron chi connectivity index (χ3n) is 4.07. The lowest BCUT2D eigenvalue weighted by atomic mass is 9.84. The predicted molar refractivity (Wildman–Crippen MR) is 83.4 cm³/mol. The van der Waals surface area contributed by atoms with Crippen LogP contribution in [0.5, 0.6) is 0 Å². The SMILES string of the molecule is Cc1cccc2c1N(Cc1ccccc1)C(=O)CC2(O)C=O. The van der Waals surface area contributed by atoms with Crippen molar-refractivity contribution in [2.45, 2.75) is 25.5 Å². The number of fused-ring (bicyclic) bond motifs is 1. The molecular formula is C18H17NO3. The third-order valence-corrected chi connectivity index (χ3v) is 4.07. The Labute approximate surface area is 129 Å². The first-order valence-electron chi connectivity index (χ1n) is 7.18. The van der Waals surface area contributed by atoms with Crippen molar-refractivity contribution in [3.8, 4) is 0 Å². The Hall–Kier alpha value is -2.46. The zero-order valence-electron chi connectivity index (χ0n) is 12.3. The second-order valence-electron chi connectivity index (χ2n) is 5.66. The highest BCUT2D eigenvalue weighted by Gasteiger charge is 2.42. The number of hydrogen-bond donors (Lipinski definition) is 1. The largest absolute Gasteiger partial charge is 0.377 e. The zero-order chi connectivity index (χ0) is 15.7. The number of amides is 1. The highest BCUT2D eigenvalue weighted by Crippen LogP contribution is 2.40.